The molecule has 1 aromatic rings. The van der Waals surface area contributed by atoms with Crippen molar-refractivity contribution in [1.82, 2.24) is 5.32 Å². The molecule has 1 amide bonds. The molecule has 5 heteroatoms. The molecule has 0 aliphatic carbocycles. The average molecular weight is 239 g/mol. The molecule has 2 rings (SSSR count). The summed E-state index contributed by atoms with van der Waals surface area (Å²) in [6.45, 7) is 6.44. The van der Waals surface area contributed by atoms with Crippen LogP contribution < -0.4 is 5.32 Å². The largest absolute Gasteiger partial charge is 0.469 e. The summed E-state index contributed by atoms with van der Waals surface area (Å²) in [5.74, 6) is 0.00799. The molecule has 0 radical (unpaired) electrons. The summed E-state index contributed by atoms with van der Waals surface area (Å²) in [5.41, 5.74) is 0.528. The van der Waals surface area contributed by atoms with Gasteiger partial charge in [-0.2, -0.15) is 0 Å². The minimum absolute atomic E-state index is 0.0954. The number of nitrogens with one attached hydrogen (secondary N) is 1. The summed E-state index contributed by atoms with van der Waals surface area (Å²) in [6, 6.07) is 1.70. The molecule has 1 aliphatic rings. The van der Waals surface area contributed by atoms with Crippen LogP contribution >= 0.6 is 0 Å². The average Bonchev–Trinajstić information content (AvgIpc) is 2.81. The fraction of sp³-hybridized carbons (Fsp3) is 0.583. The third-order valence-electron chi connectivity index (χ3n) is 2.55. The minimum atomic E-state index is -0.554. The lowest BCUT2D eigenvalue weighted by atomic mass is 10.3. The fourth-order valence-electron chi connectivity index (χ4n) is 1.73. The molecule has 0 aromatic carbocycles. The maximum atomic E-state index is 11.7. The predicted molar refractivity (Wildman–Crippen MR) is 60.7 cm³/mol. The number of hydrogen-bond acceptors (Lipinski definition) is 4. The fourth-order valence-corrected chi connectivity index (χ4v) is 1.73. The molecule has 94 valence electrons. The van der Waals surface area contributed by atoms with Crippen LogP contribution in [0.15, 0.2) is 16.7 Å². The Morgan fingerprint density at radius 2 is 2.35 bits per heavy atom. The lowest BCUT2D eigenvalue weighted by Crippen LogP contribution is -2.34. The van der Waals surface area contributed by atoms with E-state index < -0.39 is 5.79 Å². The first-order chi connectivity index (χ1) is 7.96. The van der Waals surface area contributed by atoms with Gasteiger partial charge >= 0.3 is 0 Å². The van der Waals surface area contributed by atoms with E-state index in [9.17, 15) is 4.79 Å². The van der Waals surface area contributed by atoms with Gasteiger partial charge in [0.25, 0.3) is 5.91 Å². The van der Waals surface area contributed by atoms with Crippen molar-refractivity contribution >= 4 is 5.91 Å². The second kappa shape index (κ2) is 4.50. The maximum Gasteiger partial charge on any atom is 0.254 e. The molecule has 1 N–H and O–H groups in total. The van der Waals surface area contributed by atoms with Crippen LogP contribution in [0.5, 0.6) is 0 Å². The number of hydrogen-bond donors (Lipinski definition) is 1. The smallest absolute Gasteiger partial charge is 0.254 e. The van der Waals surface area contributed by atoms with Gasteiger partial charge in [-0.15, -0.1) is 0 Å². The van der Waals surface area contributed by atoms with E-state index >= 15 is 0 Å². The first-order valence-corrected chi connectivity index (χ1v) is 5.61. The molecular formula is C12H17NO4. The Labute approximate surface area is 100 Å². The minimum Gasteiger partial charge on any atom is -0.469 e. The second-order valence-electron chi connectivity index (χ2n) is 4.61. The molecule has 1 fully saturated rings. The van der Waals surface area contributed by atoms with Crippen LogP contribution in [0.1, 0.15) is 30.0 Å². The predicted octanol–water partition coefficient (Wildman–Crippen LogP) is 1.47. The Bertz CT molecular complexity index is 410. The van der Waals surface area contributed by atoms with Gasteiger partial charge in [0.1, 0.15) is 18.1 Å². The first kappa shape index (κ1) is 12.1. The van der Waals surface area contributed by atoms with Gasteiger partial charge in [0.05, 0.1) is 12.2 Å². The highest BCUT2D eigenvalue weighted by Crippen LogP contribution is 2.21. The summed E-state index contributed by atoms with van der Waals surface area (Å²) >= 11 is 0. The molecule has 1 aromatic heterocycles. The molecule has 5 nitrogen and oxygen atoms in total. The zero-order chi connectivity index (χ0) is 12.5. The Kier molecular flexibility index (Phi) is 3.22. The van der Waals surface area contributed by atoms with Crippen molar-refractivity contribution in [2.24, 2.45) is 0 Å². The molecule has 1 atom stereocenters. The van der Waals surface area contributed by atoms with Crippen molar-refractivity contribution in [3.05, 3.63) is 23.7 Å². The number of furan rings is 1. The van der Waals surface area contributed by atoms with Crippen LogP contribution in [0.3, 0.4) is 0 Å². The monoisotopic (exact) mass is 239 g/mol. The summed E-state index contributed by atoms with van der Waals surface area (Å²) in [6.07, 6.45) is 1.35. The van der Waals surface area contributed by atoms with E-state index in [0.29, 0.717) is 18.7 Å². The Balaban J connectivity index is 1.81. The number of rotatable bonds is 3. The van der Waals surface area contributed by atoms with E-state index in [2.05, 4.69) is 5.32 Å². The SMILES string of the molecule is Cc1cc(C(=O)NCC2COC(C)(C)O2)co1. The zero-order valence-electron chi connectivity index (χ0n) is 10.3. The van der Waals surface area contributed by atoms with Gasteiger partial charge in [0, 0.05) is 6.54 Å². The molecule has 0 spiro atoms. The topological polar surface area (TPSA) is 60.7 Å². The van der Waals surface area contributed by atoms with Crippen LogP contribution in [-0.2, 0) is 9.47 Å². The van der Waals surface area contributed by atoms with Gasteiger partial charge in [-0.1, -0.05) is 0 Å². The van der Waals surface area contributed by atoms with Gasteiger partial charge in [0.15, 0.2) is 5.79 Å². The number of carbonyl (C=O) groups is 1. The molecular weight excluding hydrogens is 222 g/mol. The third kappa shape index (κ3) is 3.08. The van der Waals surface area contributed by atoms with E-state index in [1.165, 1.54) is 6.26 Å². The quantitative estimate of drug-likeness (QED) is 0.867. The van der Waals surface area contributed by atoms with Crippen LogP contribution in [0.25, 0.3) is 0 Å². The number of aryl methyl sites for hydroxylation is 1. The zero-order valence-corrected chi connectivity index (χ0v) is 10.3. The molecule has 1 unspecified atom stereocenters. The molecule has 0 saturated carbocycles. The molecule has 2 heterocycles. The Morgan fingerprint density at radius 1 is 1.59 bits per heavy atom. The van der Waals surface area contributed by atoms with Crippen LogP contribution in [0, 0.1) is 6.92 Å². The van der Waals surface area contributed by atoms with Crippen molar-refractivity contribution in [3.8, 4) is 0 Å². The van der Waals surface area contributed by atoms with Gasteiger partial charge in [-0.05, 0) is 26.8 Å². The van der Waals surface area contributed by atoms with Crippen molar-refractivity contribution in [2.75, 3.05) is 13.2 Å². The molecule has 1 saturated heterocycles. The number of ether oxygens (including phenoxy) is 2. The second-order valence-corrected chi connectivity index (χ2v) is 4.61. The molecule has 1 aliphatic heterocycles. The van der Waals surface area contributed by atoms with E-state index in [4.69, 9.17) is 13.9 Å². The summed E-state index contributed by atoms with van der Waals surface area (Å²) in [7, 11) is 0. The number of carbonyl (C=O) groups excluding carboxylic acids is 1. The van der Waals surface area contributed by atoms with E-state index in [-0.39, 0.29) is 12.0 Å². The molecule has 0 bridgehead atoms. The van der Waals surface area contributed by atoms with E-state index in [1.54, 1.807) is 13.0 Å². The first-order valence-electron chi connectivity index (χ1n) is 5.61. The highest BCUT2D eigenvalue weighted by atomic mass is 16.7. The van der Waals surface area contributed by atoms with Crippen molar-refractivity contribution in [1.29, 1.82) is 0 Å². The van der Waals surface area contributed by atoms with Crippen LogP contribution in [0.4, 0.5) is 0 Å². The van der Waals surface area contributed by atoms with Gasteiger partial charge in [-0.3, -0.25) is 4.79 Å². The Hall–Kier alpha value is -1.33. The van der Waals surface area contributed by atoms with Gasteiger partial charge < -0.3 is 19.2 Å². The summed E-state index contributed by atoms with van der Waals surface area (Å²) in [4.78, 5) is 11.7. The van der Waals surface area contributed by atoms with E-state index in [1.807, 2.05) is 13.8 Å². The standard InChI is InChI=1S/C12H17NO4/c1-8-4-9(6-15-8)11(14)13-5-10-7-16-12(2,3)17-10/h4,6,10H,5,7H2,1-3H3,(H,13,14). The lowest BCUT2D eigenvalue weighted by molar-refractivity contribution is -0.137. The number of amides is 1. The maximum absolute atomic E-state index is 11.7. The van der Waals surface area contributed by atoms with Crippen LogP contribution in [-0.4, -0.2) is 30.9 Å². The lowest BCUT2D eigenvalue weighted by Gasteiger charge is -2.17. The summed E-state index contributed by atoms with van der Waals surface area (Å²) < 4.78 is 16.1. The highest BCUT2D eigenvalue weighted by molar-refractivity contribution is 5.93. The Morgan fingerprint density at radius 3 is 2.88 bits per heavy atom. The van der Waals surface area contributed by atoms with E-state index in [0.717, 1.165) is 5.76 Å². The summed E-state index contributed by atoms with van der Waals surface area (Å²) in [5, 5.41) is 2.79. The normalized spacial score (nSPS) is 22.6. The highest BCUT2D eigenvalue weighted by Gasteiger charge is 2.32. The van der Waals surface area contributed by atoms with Crippen molar-refractivity contribution < 1.29 is 18.7 Å². The van der Waals surface area contributed by atoms with Crippen LogP contribution in [0.2, 0.25) is 0 Å². The van der Waals surface area contributed by atoms with Crippen molar-refractivity contribution in [3.63, 3.8) is 0 Å². The van der Waals surface area contributed by atoms with Gasteiger partial charge in [-0.25, -0.2) is 0 Å². The van der Waals surface area contributed by atoms with Crippen molar-refractivity contribution in [2.45, 2.75) is 32.7 Å². The van der Waals surface area contributed by atoms with Gasteiger partial charge in [0.2, 0.25) is 0 Å². The third-order valence-corrected chi connectivity index (χ3v) is 2.55. The molecule has 17 heavy (non-hydrogen) atoms.